The molecule has 0 bridgehead atoms. The van der Waals surface area contributed by atoms with Gasteiger partial charge in [0.15, 0.2) is 5.75 Å². The Morgan fingerprint density at radius 1 is 0.938 bits per heavy atom. The lowest BCUT2D eigenvalue weighted by Crippen LogP contribution is -2.45. The van der Waals surface area contributed by atoms with Gasteiger partial charge >= 0.3 is 0 Å². The lowest BCUT2D eigenvalue weighted by atomic mass is 10.2. The monoisotopic (exact) mass is 454 g/mol. The molecular formula is C24H26N2O5S. The van der Waals surface area contributed by atoms with E-state index in [-0.39, 0.29) is 0 Å². The number of nitrogens with one attached hydrogen (secondary N) is 1. The summed E-state index contributed by atoms with van der Waals surface area (Å²) in [6, 6.07) is 21.7. The summed E-state index contributed by atoms with van der Waals surface area (Å²) < 4.78 is 37.5. The molecule has 3 rings (SSSR count). The molecule has 0 aromatic heterocycles. The van der Waals surface area contributed by atoms with Crippen LogP contribution in [-0.2, 0) is 14.8 Å². The molecule has 1 atom stereocenters. The van der Waals surface area contributed by atoms with E-state index in [0.717, 1.165) is 10.6 Å². The molecule has 0 saturated carbocycles. The van der Waals surface area contributed by atoms with Crippen LogP contribution in [0, 0.1) is 0 Å². The number of nitrogens with zero attached hydrogens (tertiary/aromatic N) is 1. The van der Waals surface area contributed by atoms with E-state index in [2.05, 4.69) is 5.32 Å². The van der Waals surface area contributed by atoms with E-state index in [1.165, 1.54) is 6.92 Å². The standard InChI is InChI=1S/C24H26N2O5S/c1-4-30-20-16-14-19(15-17-20)26(32(3,28)29)18(2)24(27)25-22-12-8-9-13-23(22)31-21-10-6-5-7-11-21/h5-18H,4H2,1-3H3,(H,25,27)/t18-/m0/s1. The maximum Gasteiger partial charge on any atom is 0.248 e. The largest absolute Gasteiger partial charge is 0.494 e. The van der Waals surface area contributed by atoms with Gasteiger partial charge in [0.1, 0.15) is 17.5 Å². The van der Waals surface area contributed by atoms with E-state index in [4.69, 9.17) is 9.47 Å². The Hall–Kier alpha value is -3.52. The molecule has 0 spiro atoms. The van der Waals surface area contributed by atoms with Crippen LogP contribution in [0.5, 0.6) is 17.2 Å². The SMILES string of the molecule is CCOc1ccc(N([C@@H](C)C(=O)Nc2ccccc2Oc2ccccc2)S(C)(=O)=O)cc1. The van der Waals surface area contributed by atoms with Gasteiger partial charge in [-0.2, -0.15) is 0 Å². The van der Waals surface area contributed by atoms with Crippen LogP contribution in [0.3, 0.4) is 0 Å². The Kier molecular flexibility index (Phi) is 7.37. The van der Waals surface area contributed by atoms with Crippen LogP contribution in [0.15, 0.2) is 78.9 Å². The summed E-state index contributed by atoms with van der Waals surface area (Å²) >= 11 is 0. The van der Waals surface area contributed by atoms with E-state index in [1.807, 2.05) is 25.1 Å². The van der Waals surface area contributed by atoms with Crippen molar-refractivity contribution < 1.29 is 22.7 Å². The molecule has 7 nitrogen and oxygen atoms in total. The third-order valence-electron chi connectivity index (χ3n) is 4.61. The number of carbonyl (C=O) groups is 1. The van der Waals surface area contributed by atoms with Gasteiger partial charge in [0, 0.05) is 0 Å². The molecule has 3 aromatic carbocycles. The average Bonchev–Trinajstić information content (AvgIpc) is 2.76. The van der Waals surface area contributed by atoms with Gasteiger partial charge in [0.25, 0.3) is 0 Å². The number of rotatable bonds is 9. The molecule has 0 fully saturated rings. The van der Waals surface area contributed by atoms with Crippen molar-refractivity contribution in [2.75, 3.05) is 22.5 Å². The topological polar surface area (TPSA) is 84.9 Å². The first-order valence-electron chi connectivity index (χ1n) is 10.1. The first-order valence-corrected chi connectivity index (χ1v) is 12.0. The summed E-state index contributed by atoms with van der Waals surface area (Å²) in [5.74, 6) is 1.20. The second-order valence-corrected chi connectivity index (χ2v) is 8.92. The van der Waals surface area contributed by atoms with Crippen LogP contribution < -0.4 is 19.1 Å². The van der Waals surface area contributed by atoms with Crippen molar-refractivity contribution in [2.24, 2.45) is 0 Å². The molecule has 0 unspecified atom stereocenters. The number of carbonyl (C=O) groups excluding carboxylic acids is 1. The number of para-hydroxylation sites is 3. The number of sulfonamides is 1. The molecule has 0 radical (unpaired) electrons. The van der Waals surface area contributed by atoms with E-state index >= 15 is 0 Å². The Bertz CT molecular complexity index is 1150. The summed E-state index contributed by atoms with van der Waals surface area (Å²) in [5, 5.41) is 2.79. The van der Waals surface area contributed by atoms with Gasteiger partial charge in [-0.1, -0.05) is 30.3 Å². The highest BCUT2D eigenvalue weighted by atomic mass is 32.2. The number of hydrogen-bond donors (Lipinski definition) is 1. The summed E-state index contributed by atoms with van der Waals surface area (Å²) in [6.45, 7) is 3.90. The zero-order chi connectivity index (χ0) is 23.1. The molecule has 32 heavy (non-hydrogen) atoms. The van der Waals surface area contributed by atoms with Crippen molar-refractivity contribution in [1.82, 2.24) is 0 Å². The van der Waals surface area contributed by atoms with Crippen molar-refractivity contribution in [2.45, 2.75) is 19.9 Å². The molecule has 0 heterocycles. The van der Waals surface area contributed by atoms with Gasteiger partial charge < -0.3 is 14.8 Å². The van der Waals surface area contributed by atoms with Crippen molar-refractivity contribution in [3.63, 3.8) is 0 Å². The van der Waals surface area contributed by atoms with Gasteiger partial charge in [-0.15, -0.1) is 0 Å². The molecule has 0 saturated heterocycles. The zero-order valence-electron chi connectivity index (χ0n) is 18.2. The molecule has 168 valence electrons. The second kappa shape index (κ2) is 10.2. The van der Waals surface area contributed by atoms with Gasteiger partial charge in [0.05, 0.1) is 24.2 Å². The lowest BCUT2D eigenvalue weighted by Gasteiger charge is -2.28. The minimum Gasteiger partial charge on any atom is -0.494 e. The summed E-state index contributed by atoms with van der Waals surface area (Å²) in [7, 11) is -3.74. The second-order valence-electron chi connectivity index (χ2n) is 7.06. The Balaban J connectivity index is 1.83. The number of hydrogen-bond acceptors (Lipinski definition) is 5. The summed E-state index contributed by atoms with van der Waals surface area (Å²) in [6.07, 6.45) is 1.07. The molecular weight excluding hydrogens is 428 g/mol. The minimum atomic E-state index is -3.74. The van der Waals surface area contributed by atoms with Crippen molar-refractivity contribution in [3.05, 3.63) is 78.9 Å². The predicted molar refractivity (Wildman–Crippen MR) is 126 cm³/mol. The Morgan fingerprint density at radius 2 is 1.56 bits per heavy atom. The van der Waals surface area contributed by atoms with Gasteiger partial charge in [0.2, 0.25) is 15.9 Å². The number of anilines is 2. The lowest BCUT2D eigenvalue weighted by molar-refractivity contribution is -0.116. The van der Waals surface area contributed by atoms with Crippen LogP contribution in [0.25, 0.3) is 0 Å². The highest BCUT2D eigenvalue weighted by Crippen LogP contribution is 2.30. The van der Waals surface area contributed by atoms with E-state index in [1.54, 1.807) is 60.7 Å². The molecule has 1 amide bonds. The zero-order valence-corrected chi connectivity index (χ0v) is 19.0. The highest BCUT2D eigenvalue weighted by molar-refractivity contribution is 7.92. The van der Waals surface area contributed by atoms with Gasteiger partial charge in [-0.3, -0.25) is 9.10 Å². The van der Waals surface area contributed by atoms with Crippen LogP contribution in [-0.4, -0.2) is 33.2 Å². The van der Waals surface area contributed by atoms with Crippen molar-refractivity contribution in [3.8, 4) is 17.2 Å². The molecule has 1 N–H and O–H groups in total. The smallest absolute Gasteiger partial charge is 0.248 e. The Morgan fingerprint density at radius 3 is 2.19 bits per heavy atom. The fraction of sp³-hybridized carbons (Fsp3) is 0.208. The maximum absolute atomic E-state index is 13.1. The maximum atomic E-state index is 13.1. The average molecular weight is 455 g/mol. The van der Waals surface area contributed by atoms with Crippen LogP contribution in [0.4, 0.5) is 11.4 Å². The Labute approximate surface area is 188 Å². The van der Waals surface area contributed by atoms with Crippen molar-refractivity contribution >= 4 is 27.3 Å². The number of benzene rings is 3. The summed E-state index contributed by atoms with van der Waals surface area (Å²) in [4.78, 5) is 13.1. The fourth-order valence-corrected chi connectivity index (χ4v) is 4.35. The third-order valence-corrected chi connectivity index (χ3v) is 5.85. The first-order chi connectivity index (χ1) is 15.3. The number of ether oxygens (including phenoxy) is 2. The molecule has 0 aliphatic rings. The van der Waals surface area contributed by atoms with Crippen molar-refractivity contribution in [1.29, 1.82) is 0 Å². The molecule has 0 aliphatic heterocycles. The van der Waals surface area contributed by atoms with E-state index < -0.39 is 22.0 Å². The van der Waals surface area contributed by atoms with Crippen LogP contribution >= 0.6 is 0 Å². The molecule has 0 aliphatic carbocycles. The molecule has 8 heteroatoms. The molecule has 3 aromatic rings. The summed E-state index contributed by atoms with van der Waals surface area (Å²) in [5.41, 5.74) is 0.806. The minimum absolute atomic E-state index is 0.368. The normalized spacial score (nSPS) is 12.0. The van der Waals surface area contributed by atoms with Crippen LogP contribution in [0.2, 0.25) is 0 Å². The highest BCUT2D eigenvalue weighted by Gasteiger charge is 2.29. The first kappa shape index (κ1) is 23.1. The number of amides is 1. The third kappa shape index (κ3) is 5.79. The van der Waals surface area contributed by atoms with E-state index in [9.17, 15) is 13.2 Å². The quantitative estimate of drug-likeness (QED) is 0.508. The van der Waals surface area contributed by atoms with E-state index in [0.29, 0.717) is 35.2 Å². The van der Waals surface area contributed by atoms with Gasteiger partial charge in [-0.05, 0) is 62.4 Å². The predicted octanol–water partition coefficient (Wildman–Crippen LogP) is 4.67. The van der Waals surface area contributed by atoms with Crippen LogP contribution in [0.1, 0.15) is 13.8 Å². The van der Waals surface area contributed by atoms with Gasteiger partial charge in [-0.25, -0.2) is 8.42 Å². The fourth-order valence-electron chi connectivity index (χ4n) is 3.18.